The van der Waals surface area contributed by atoms with Gasteiger partial charge in [-0.15, -0.1) is 0 Å². The summed E-state index contributed by atoms with van der Waals surface area (Å²) in [6.07, 6.45) is 0. The summed E-state index contributed by atoms with van der Waals surface area (Å²) in [4.78, 5) is 9.47. The second-order valence-electron chi connectivity index (χ2n) is 4.72. The normalized spacial score (nSPS) is 15.3. The molecule has 5 nitrogen and oxygen atoms in total. The summed E-state index contributed by atoms with van der Waals surface area (Å²) in [6.45, 7) is 0.798. The van der Waals surface area contributed by atoms with Crippen molar-refractivity contribution >= 4 is 7.82 Å². The van der Waals surface area contributed by atoms with Crippen molar-refractivity contribution in [1.29, 1.82) is 0 Å². The van der Waals surface area contributed by atoms with Crippen LogP contribution in [-0.2, 0) is 9.09 Å². The number of hydrogen-bond acceptors (Lipinski definition) is 3. The Hall–Kier alpha value is -0.870. The topological polar surface area (TPSA) is 55.8 Å². The number of para-hydroxylation sites is 1. The molecule has 0 aliphatic heterocycles. The molecule has 1 N–H and O–H groups in total. The van der Waals surface area contributed by atoms with Crippen LogP contribution < -0.4 is 4.52 Å². The fourth-order valence-corrected chi connectivity index (χ4v) is 1.82. The van der Waals surface area contributed by atoms with Gasteiger partial charge < -0.3 is 9.01 Å². The molecule has 17 heavy (non-hydrogen) atoms. The van der Waals surface area contributed by atoms with E-state index in [2.05, 4.69) is 0 Å². The van der Waals surface area contributed by atoms with Crippen molar-refractivity contribution in [1.82, 2.24) is 0 Å². The Morgan fingerprint density at radius 3 is 2.35 bits per heavy atom. The second-order valence-corrected chi connectivity index (χ2v) is 6.10. The van der Waals surface area contributed by atoms with Gasteiger partial charge in [0.15, 0.2) is 0 Å². The molecule has 0 fully saturated rings. The summed E-state index contributed by atoms with van der Waals surface area (Å²) < 4.78 is 22.0. The van der Waals surface area contributed by atoms with E-state index in [1.165, 1.54) is 0 Å². The third-order valence-electron chi connectivity index (χ3n) is 1.98. The molecule has 0 saturated carbocycles. The highest BCUT2D eigenvalue weighted by molar-refractivity contribution is 7.47. The van der Waals surface area contributed by atoms with Crippen LogP contribution in [0.25, 0.3) is 0 Å². The fraction of sp³-hybridized carbons (Fsp3) is 0.455. The van der Waals surface area contributed by atoms with E-state index < -0.39 is 7.82 Å². The number of phosphoric ester groups is 1. The van der Waals surface area contributed by atoms with Gasteiger partial charge in [-0.2, -0.15) is 0 Å². The van der Waals surface area contributed by atoms with E-state index in [-0.39, 0.29) is 6.61 Å². The molecule has 0 aliphatic carbocycles. The molecule has 0 saturated heterocycles. The van der Waals surface area contributed by atoms with Gasteiger partial charge in [-0.05, 0) is 12.1 Å². The highest BCUT2D eigenvalue weighted by Gasteiger charge is 2.23. The van der Waals surface area contributed by atoms with Gasteiger partial charge in [0.05, 0.1) is 21.1 Å². The quantitative estimate of drug-likeness (QED) is 0.627. The van der Waals surface area contributed by atoms with Crippen LogP contribution in [0.15, 0.2) is 30.3 Å². The number of quaternary nitrogens is 1. The summed E-state index contributed by atoms with van der Waals surface area (Å²) >= 11 is 0. The van der Waals surface area contributed by atoms with Gasteiger partial charge in [-0.1, -0.05) is 18.2 Å². The summed E-state index contributed by atoms with van der Waals surface area (Å²) in [7, 11) is 1.92. The van der Waals surface area contributed by atoms with Crippen LogP contribution in [-0.4, -0.2) is 43.7 Å². The van der Waals surface area contributed by atoms with Crippen LogP contribution in [0, 0.1) is 0 Å². The van der Waals surface area contributed by atoms with Gasteiger partial charge in [0.1, 0.15) is 18.9 Å². The Balaban J connectivity index is 2.44. The average molecular weight is 260 g/mol. The molecular weight excluding hydrogens is 241 g/mol. The highest BCUT2D eigenvalue weighted by atomic mass is 31.2. The van der Waals surface area contributed by atoms with Gasteiger partial charge in [-0.3, -0.25) is 9.42 Å². The molecule has 96 valence electrons. The first-order valence-electron chi connectivity index (χ1n) is 5.31. The smallest absolute Gasteiger partial charge is 0.404 e. The molecule has 0 amide bonds. The molecule has 1 aromatic rings. The minimum Gasteiger partial charge on any atom is -0.404 e. The molecule has 1 unspecified atom stereocenters. The van der Waals surface area contributed by atoms with Gasteiger partial charge in [0.2, 0.25) is 0 Å². The summed E-state index contributed by atoms with van der Waals surface area (Å²) in [5.74, 6) is 0.323. The molecule has 1 aromatic carbocycles. The summed E-state index contributed by atoms with van der Waals surface area (Å²) in [5.41, 5.74) is 0. The van der Waals surface area contributed by atoms with Gasteiger partial charge in [0, 0.05) is 0 Å². The molecular formula is C11H19NO4P+. The zero-order chi connectivity index (χ0) is 12.9. The Morgan fingerprint density at radius 1 is 1.24 bits per heavy atom. The molecule has 1 atom stereocenters. The van der Waals surface area contributed by atoms with Crippen LogP contribution in [0.5, 0.6) is 5.75 Å². The first kappa shape index (κ1) is 14.2. The van der Waals surface area contributed by atoms with Crippen molar-refractivity contribution in [2.24, 2.45) is 0 Å². The van der Waals surface area contributed by atoms with Gasteiger partial charge in [0.25, 0.3) is 0 Å². The first-order valence-corrected chi connectivity index (χ1v) is 6.80. The van der Waals surface area contributed by atoms with Gasteiger partial charge in [-0.25, -0.2) is 4.57 Å². The lowest BCUT2D eigenvalue weighted by atomic mass is 10.3. The lowest BCUT2D eigenvalue weighted by Crippen LogP contribution is -2.37. The van der Waals surface area contributed by atoms with Crippen molar-refractivity contribution in [3.8, 4) is 5.75 Å². The van der Waals surface area contributed by atoms with E-state index in [0.29, 0.717) is 16.8 Å². The van der Waals surface area contributed by atoms with Crippen LogP contribution in [0.2, 0.25) is 0 Å². The van der Waals surface area contributed by atoms with E-state index in [4.69, 9.17) is 9.05 Å². The summed E-state index contributed by atoms with van der Waals surface area (Å²) in [5, 5.41) is 0. The zero-order valence-electron chi connectivity index (χ0n) is 10.4. The maximum absolute atomic E-state index is 11.6. The summed E-state index contributed by atoms with van der Waals surface area (Å²) in [6, 6.07) is 8.45. The SMILES string of the molecule is C[N+](C)(C)CCOP(=O)(O)Oc1ccccc1. The molecule has 0 bridgehead atoms. The number of benzene rings is 1. The number of rotatable bonds is 6. The second kappa shape index (κ2) is 5.65. The van der Waals surface area contributed by atoms with E-state index in [9.17, 15) is 9.46 Å². The number of hydrogen-bond donors (Lipinski definition) is 1. The fourth-order valence-electron chi connectivity index (χ4n) is 1.07. The van der Waals surface area contributed by atoms with Crippen LogP contribution in [0.4, 0.5) is 0 Å². The minimum atomic E-state index is -4.01. The average Bonchev–Trinajstić information content (AvgIpc) is 2.15. The van der Waals surface area contributed by atoms with Crippen LogP contribution in [0.3, 0.4) is 0 Å². The zero-order valence-corrected chi connectivity index (χ0v) is 11.3. The van der Waals surface area contributed by atoms with Crippen molar-refractivity contribution in [2.75, 3.05) is 34.3 Å². The third kappa shape index (κ3) is 6.44. The molecule has 6 heteroatoms. The number of nitrogens with zero attached hydrogens (tertiary/aromatic N) is 1. The molecule has 0 heterocycles. The highest BCUT2D eigenvalue weighted by Crippen LogP contribution is 2.43. The Kier molecular flexibility index (Phi) is 4.71. The van der Waals surface area contributed by atoms with Crippen molar-refractivity contribution in [3.05, 3.63) is 30.3 Å². The molecule has 0 radical (unpaired) electrons. The number of phosphoric acid groups is 1. The maximum Gasteiger partial charge on any atom is 0.527 e. The van der Waals surface area contributed by atoms with E-state index in [0.717, 1.165) is 0 Å². The Labute approximate surface area is 102 Å². The molecule has 1 rings (SSSR count). The first-order chi connectivity index (χ1) is 7.79. The maximum atomic E-state index is 11.6. The van der Waals surface area contributed by atoms with E-state index in [1.54, 1.807) is 30.3 Å². The van der Waals surface area contributed by atoms with Crippen LogP contribution in [0.1, 0.15) is 0 Å². The minimum absolute atomic E-state index is 0.171. The van der Waals surface area contributed by atoms with E-state index >= 15 is 0 Å². The third-order valence-corrected chi connectivity index (χ3v) is 2.93. The molecule has 0 aliphatic rings. The molecule has 0 spiro atoms. The largest absolute Gasteiger partial charge is 0.527 e. The number of likely N-dealkylation sites (N-methyl/N-ethyl adjacent to an activating group) is 1. The van der Waals surface area contributed by atoms with Crippen molar-refractivity contribution in [3.63, 3.8) is 0 Å². The Bertz CT molecular complexity index is 388. The molecule has 0 aromatic heterocycles. The lowest BCUT2D eigenvalue weighted by Gasteiger charge is -2.24. The van der Waals surface area contributed by atoms with Gasteiger partial charge >= 0.3 is 7.82 Å². The lowest BCUT2D eigenvalue weighted by molar-refractivity contribution is -0.870. The van der Waals surface area contributed by atoms with Crippen molar-refractivity contribution < 1.29 is 23.0 Å². The standard InChI is InChI=1S/C11H18NO4P/c1-12(2,3)9-10-15-17(13,14)16-11-7-5-4-6-8-11/h4-8H,9-10H2,1-3H3/p+1. The predicted molar refractivity (Wildman–Crippen MR) is 65.7 cm³/mol. The monoisotopic (exact) mass is 260 g/mol. The predicted octanol–water partition coefficient (Wildman–Crippen LogP) is 1.89. The van der Waals surface area contributed by atoms with E-state index in [1.807, 2.05) is 21.1 Å². The Morgan fingerprint density at radius 2 is 1.82 bits per heavy atom. The van der Waals surface area contributed by atoms with Crippen molar-refractivity contribution in [2.45, 2.75) is 0 Å². The van der Waals surface area contributed by atoms with Crippen LogP contribution >= 0.6 is 7.82 Å².